The van der Waals surface area contributed by atoms with Crippen LogP contribution in [-0.4, -0.2) is 18.0 Å². The first-order valence-electron chi connectivity index (χ1n) is 6.41. The fourth-order valence-electron chi connectivity index (χ4n) is 2.43. The zero-order valence-corrected chi connectivity index (χ0v) is 10.7. The lowest BCUT2D eigenvalue weighted by Gasteiger charge is -2.41. The SMILES string of the molecule is CCCCCCC1(C)O[C@H](C)C[C@@H](C)O1. The average Bonchev–Trinajstić information content (AvgIpc) is 2.10. The topological polar surface area (TPSA) is 18.5 Å². The maximum Gasteiger partial charge on any atom is 0.166 e. The number of hydrogen-bond acceptors (Lipinski definition) is 2. The molecule has 2 heteroatoms. The van der Waals surface area contributed by atoms with E-state index in [2.05, 4.69) is 27.7 Å². The summed E-state index contributed by atoms with van der Waals surface area (Å²) in [5.74, 6) is -0.329. The van der Waals surface area contributed by atoms with Crippen molar-refractivity contribution in [2.75, 3.05) is 0 Å². The molecule has 1 saturated heterocycles. The number of unbranched alkanes of at least 4 members (excludes halogenated alkanes) is 3. The highest BCUT2D eigenvalue weighted by molar-refractivity contribution is 4.74. The second-order valence-corrected chi connectivity index (χ2v) is 5.04. The van der Waals surface area contributed by atoms with Crippen molar-refractivity contribution in [1.29, 1.82) is 0 Å². The van der Waals surface area contributed by atoms with Crippen LogP contribution in [0.1, 0.15) is 66.2 Å². The Kier molecular flexibility index (Phi) is 5.07. The van der Waals surface area contributed by atoms with Crippen LogP contribution in [0.25, 0.3) is 0 Å². The van der Waals surface area contributed by atoms with Gasteiger partial charge in [0.05, 0.1) is 12.2 Å². The largest absolute Gasteiger partial charge is 0.347 e. The standard InChI is InChI=1S/C13H26O2/c1-5-6-7-8-9-13(4)14-11(2)10-12(3)15-13/h11-12H,5-10H2,1-4H3/t11-,12-/m1/s1. The van der Waals surface area contributed by atoms with E-state index in [1.807, 2.05) is 0 Å². The lowest BCUT2D eigenvalue weighted by atomic mass is 10.0. The van der Waals surface area contributed by atoms with E-state index < -0.39 is 0 Å². The molecule has 0 aliphatic carbocycles. The highest BCUT2D eigenvalue weighted by atomic mass is 16.7. The highest BCUT2D eigenvalue weighted by Gasteiger charge is 2.34. The lowest BCUT2D eigenvalue weighted by molar-refractivity contribution is -0.305. The van der Waals surface area contributed by atoms with Crippen molar-refractivity contribution in [2.24, 2.45) is 0 Å². The zero-order valence-electron chi connectivity index (χ0n) is 10.7. The van der Waals surface area contributed by atoms with E-state index in [1.54, 1.807) is 0 Å². The lowest BCUT2D eigenvalue weighted by Crippen LogP contribution is -2.44. The van der Waals surface area contributed by atoms with E-state index in [1.165, 1.54) is 25.7 Å². The van der Waals surface area contributed by atoms with Crippen molar-refractivity contribution in [3.05, 3.63) is 0 Å². The normalized spacial score (nSPS) is 36.8. The third-order valence-corrected chi connectivity index (χ3v) is 3.05. The molecule has 0 amide bonds. The first kappa shape index (κ1) is 13.0. The predicted octanol–water partition coefficient (Wildman–Crippen LogP) is 3.89. The van der Waals surface area contributed by atoms with Crippen LogP contribution in [0.4, 0.5) is 0 Å². The van der Waals surface area contributed by atoms with Gasteiger partial charge in [0, 0.05) is 6.42 Å². The van der Waals surface area contributed by atoms with Gasteiger partial charge in [-0.05, 0) is 33.6 Å². The van der Waals surface area contributed by atoms with Crippen molar-refractivity contribution < 1.29 is 9.47 Å². The monoisotopic (exact) mass is 214 g/mol. The molecule has 2 atom stereocenters. The van der Waals surface area contributed by atoms with Crippen molar-refractivity contribution in [3.63, 3.8) is 0 Å². The molecular weight excluding hydrogens is 188 g/mol. The van der Waals surface area contributed by atoms with Crippen LogP contribution >= 0.6 is 0 Å². The van der Waals surface area contributed by atoms with Crippen molar-refractivity contribution in [3.8, 4) is 0 Å². The van der Waals surface area contributed by atoms with Gasteiger partial charge in [0.2, 0.25) is 0 Å². The van der Waals surface area contributed by atoms with Crippen LogP contribution in [0.3, 0.4) is 0 Å². The molecular formula is C13H26O2. The van der Waals surface area contributed by atoms with Gasteiger partial charge < -0.3 is 9.47 Å². The molecule has 15 heavy (non-hydrogen) atoms. The van der Waals surface area contributed by atoms with Gasteiger partial charge >= 0.3 is 0 Å². The molecule has 0 radical (unpaired) electrons. The summed E-state index contributed by atoms with van der Waals surface area (Å²) < 4.78 is 11.8. The minimum Gasteiger partial charge on any atom is -0.347 e. The molecule has 1 aliphatic rings. The highest BCUT2D eigenvalue weighted by Crippen LogP contribution is 2.31. The number of rotatable bonds is 5. The van der Waals surface area contributed by atoms with Crippen molar-refractivity contribution >= 4 is 0 Å². The second kappa shape index (κ2) is 5.86. The summed E-state index contributed by atoms with van der Waals surface area (Å²) in [7, 11) is 0. The van der Waals surface area contributed by atoms with E-state index in [9.17, 15) is 0 Å². The maximum atomic E-state index is 5.90. The molecule has 1 aliphatic heterocycles. The Bertz CT molecular complexity index is 169. The third-order valence-electron chi connectivity index (χ3n) is 3.05. The Morgan fingerprint density at radius 3 is 2.20 bits per heavy atom. The Morgan fingerprint density at radius 1 is 1.07 bits per heavy atom. The van der Waals surface area contributed by atoms with Crippen LogP contribution in [-0.2, 0) is 9.47 Å². The zero-order chi connectivity index (χ0) is 11.3. The summed E-state index contributed by atoms with van der Waals surface area (Å²) >= 11 is 0. The summed E-state index contributed by atoms with van der Waals surface area (Å²) in [4.78, 5) is 0. The van der Waals surface area contributed by atoms with Gasteiger partial charge in [-0.15, -0.1) is 0 Å². The van der Waals surface area contributed by atoms with Crippen molar-refractivity contribution in [1.82, 2.24) is 0 Å². The van der Waals surface area contributed by atoms with Gasteiger partial charge in [-0.1, -0.05) is 26.2 Å². The van der Waals surface area contributed by atoms with E-state index in [-0.39, 0.29) is 5.79 Å². The van der Waals surface area contributed by atoms with E-state index >= 15 is 0 Å². The Labute approximate surface area is 94.3 Å². The first-order chi connectivity index (χ1) is 7.06. The molecule has 0 saturated carbocycles. The molecule has 1 rings (SSSR count). The van der Waals surface area contributed by atoms with Gasteiger partial charge in [-0.3, -0.25) is 0 Å². The molecule has 90 valence electrons. The van der Waals surface area contributed by atoms with Gasteiger partial charge in [-0.2, -0.15) is 0 Å². The first-order valence-corrected chi connectivity index (χ1v) is 6.41. The summed E-state index contributed by atoms with van der Waals surface area (Å²) in [6.45, 7) is 8.61. The Balaban J connectivity index is 2.30. The van der Waals surface area contributed by atoms with Gasteiger partial charge in [0.25, 0.3) is 0 Å². The molecule has 0 aromatic heterocycles. The summed E-state index contributed by atoms with van der Waals surface area (Å²) in [5.41, 5.74) is 0. The molecule has 0 bridgehead atoms. The third kappa shape index (κ3) is 4.52. The molecule has 2 nitrogen and oxygen atoms in total. The summed E-state index contributed by atoms with van der Waals surface area (Å²) in [5, 5.41) is 0. The van der Waals surface area contributed by atoms with Crippen LogP contribution in [0.5, 0.6) is 0 Å². The van der Waals surface area contributed by atoms with Crippen LogP contribution in [0, 0.1) is 0 Å². The van der Waals surface area contributed by atoms with Crippen LogP contribution < -0.4 is 0 Å². The van der Waals surface area contributed by atoms with Gasteiger partial charge in [0.1, 0.15) is 0 Å². The maximum absolute atomic E-state index is 5.90. The molecule has 0 N–H and O–H groups in total. The minimum absolute atomic E-state index is 0.329. The fraction of sp³-hybridized carbons (Fsp3) is 1.00. The average molecular weight is 214 g/mol. The molecule has 0 spiro atoms. The quantitative estimate of drug-likeness (QED) is 0.646. The van der Waals surface area contributed by atoms with Gasteiger partial charge in [0.15, 0.2) is 5.79 Å². The molecule has 0 aromatic carbocycles. The summed E-state index contributed by atoms with van der Waals surface area (Å²) in [6, 6.07) is 0. The Hall–Kier alpha value is -0.0800. The number of hydrogen-bond donors (Lipinski definition) is 0. The number of ether oxygens (including phenoxy) is 2. The van der Waals surface area contributed by atoms with Gasteiger partial charge in [-0.25, -0.2) is 0 Å². The van der Waals surface area contributed by atoms with Crippen molar-refractivity contribution in [2.45, 2.75) is 84.2 Å². The van der Waals surface area contributed by atoms with Crippen LogP contribution in [0.2, 0.25) is 0 Å². The predicted molar refractivity (Wildman–Crippen MR) is 62.9 cm³/mol. The van der Waals surface area contributed by atoms with Crippen LogP contribution in [0.15, 0.2) is 0 Å². The smallest absolute Gasteiger partial charge is 0.166 e. The van der Waals surface area contributed by atoms with E-state index in [4.69, 9.17) is 9.47 Å². The molecule has 0 aromatic rings. The van der Waals surface area contributed by atoms with E-state index in [0.29, 0.717) is 12.2 Å². The molecule has 1 fully saturated rings. The molecule has 0 unspecified atom stereocenters. The minimum atomic E-state index is -0.329. The van der Waals surface area contributed by atoms with E-state index in [0.717, 1.165) is 12.8 Å². The summed E-state index contributed by atoms with van der Waals surface area (Å²) in [6.07, 6.45) is 7.83. The second-order valence-electron chi connectivity index (χ2n) is 5.04. The molecule has 1 heterocycles. The Morgan fingerprint density at radius 2 is 1.67 bits per heavy atom. The fourth-order valence-corrected chi connectivity index (χ4v) is 2.43.